The summed E-state index contributed by atoms with van der Waals surface area (Å²) < 4.78 is 12.4. The third-order valence-electron chi connectivity index (χ3n) is 6.48. The third-order valence-corrected chi connectivity index (χ3v) is 6.48. The molecule has 4 nitrogen and oxygen atoms in total. The van der Waals surface area contributed by atoms with Crippen LogP contribution in [0.4, 0.5) is 0 Å². The summed E-state index contributed by atoms with van der Waals surface area (Å²) in [5.74, 6) is 0.845. The molecule has 0 aromatic heterocycles. The van der Waals surface area contributed by atoms with Gasteiger partial charge < -0.3 is 14.4 Å². The smallest absolute Gasteiger partial charge is 0.0631 e. The van der Waals surface area contributed by atoms with Crippen LogP contribution in [0.25, 0.3) is 0 Å². The van der Waals surface area contributed by atoms with E-state index in [4.69, 9.17) is 9.47 Å². The van der Waals surface area contributed by atoms with E-state index in [1.54, 1.807) is 0 Å². The second kappa shape index (κ2) is 8.69. The van der Waals surface area contributed by atoms with E-state index in [-0.39, 0.29) is 5.60 Å². The first-order chi connectivity index (χ1) is 12.6. The number of nitrogens with zero attached hydrogens (tertiary/aromatic N) is 2. The summed E-state index contributed by atoms with van der Waals surface area (Å²) in [6.07, 6.45) is 8.67. The van der Waals surface area contributed by atoms with E-state index in [0.29, 0.717) is 23.9 Å². The van der Waals surface area contributed by atoms with Crippen molar-refractivity contribution in [1.82, 2.24) is 9.80 Å². The van der Waals surface area contributed by atoms with Gasteiger partial charge >= 0.3 is 0 Å². The zero-order valence-corrected chi connectivity index (χ0v) is 18.8. The fourth-order valence-corrected chi connectivity index (χ4v) is 4.91. The molecule has 0 unspecified atom stereocenters. The highest BCUT2D eigenvalue weighted by molar-refractivity contribution is 4.87. The molecule has 1 atom stereocenters. The van der Waals surface area contributed by atoms with Crippen molar-refractivity contribution in [2.45, 2.75) is 110 Å². The SMILES string of the molecule is CC(C)(C)OC1CC(OC2CCN(C[C@@H]3CCCN(C(C)(C)C)C3)CC2)C1. The maximum Gasteiger partial charge on any atom is 0.0631 e. The van der Waals surface area contributed by atoms with Gasteiger partial charge in [-0.1, -0.05) is 0 Å². The number of likely N-dealkylation sites (tertiary alicyclic amines) is 2. The van der Waals surface area contributed by atoms with Crippen LogP contribution in [-0.2, 0) is 9.47 Å². The highest BCUT2D eigenvalue weighted by Gasteiger charge is 2.36. The van der Waals surface area contributed by atoms with Gasteiger partial charge in [0.1, 0.15) is 0 Å². The third kappa shape index (κ3) is 6.69. The van der Waals surface area contributed by atoms with Gasteiger partial charge in [-0.2, -0.15) is 0 Å². The van der Waals surface area contributed by atoms with Crippen molar-refractivity contribution < 1.29 is 9.47 Å². The Morgan fingerprint density at radius 2 is 1.48 bits per heavy atom. The Morgan fingerprint density at radius 1 is 0.815 bits per heavy atom. The second-order valence-electron chi connectivity index (χ2n) is 11.2. The van der Waals surface area contributed by atoms with Gasteiger partial charge in [-0.15, -0.1) is 0 Å². The molecule has 1 saturated carbocycles. The summed E-state index contributed by atoms with van der Waals surface area (Å²) in [5, 5.41) is 0. The number of piperidine rings is 2. The molecule has 158 valence electrons. The first kappa shape index (κ1) is 21.5. The summed E-state index contributed by atoms with van der Waals surface area (Å²) in [7, 11) is 0. The summed E-state index contributed by atoms with van der Waals surface area (Å²) in [4.78, 5) is 5.38. The van der Waals surface area contributed by atoms with Gasteiger partial charge in [0, 0.05) is 31.7 Å². The van der Waals surface area contributed by atoms with Crippen LogP contribution in [0.3, 0.4) is 0 Å². The van der Waals surface area contributed by atoms with Gasteiger partial charge in [-0.3, -0.25) is 4.90 Å². The quantitative estimate of drug-likeness (QED) is 0.709. The van der Waals surface area contributed by atoms with Gasteiger partial charge in [-0.05, 0) is 92.5 Å². The Hall–Kier alpha value is -0.160. The molecule has 3 fully saturated rings. The maximum absolute atomic E-state index is 6.36. The molecular formula is C23H44N2O2. The minimum atomic E-state index is -0.0251. The molecule has 0 bridgehead atoms. The van der Waals surface area contributed by atoms with Crippen LogP contribution >= 0.6 is 0 Å². The lowest BCUT2D eigenvalue weighted by atomic mass is 9.90. The van der Waals surface area contributed by atoms with E-state index in [1.165, 1.54) is 58.4 Å². The zero-order valence-electron chi connectivity index (χ0n) is 18.8. The van der Waals surface area contributed by atoms with Crippen molar-refractivity contribution in [1.29, 1.82) is 0 Å². The largest absolute Gasteiger partial charge is 0.375 e. The van der Waals surface area contributed by atoms with Crippen LogP contribution in [0.1, 0.15) is 80.1 Å². The lowest BCUT2D eigenvalue weighted by Gasteiger charge is -2.44. The predicted octanol–water partition coefficient (Wildman–Crippen LogP) is 4.32. The normalized spacial score (nSPS) is 32.4. The van der Waals surface area contributed by atoms with Crippen LogP contribution in [0.5, 0.6) is 0 Å². The van der Waals surface area contributed by atoms with Crippen LogP contribution in [-0.4, -0.2) is 72.0 Å². The summed E-state index contributed by atoms with van der Waals surface area (Å²) in [6.45, 7) is 19.8. The van der Waals surface area contributed by atoms with Gasteiger partial charge in [0.05, 0.1) is 23.9 Å². The molecule has 0 aromatic rings. The molecule has 2 heterocycles. The van der Waals surface area contributed by atoms with Gasteiger partial charge in [0.15, 0.2) is 0 Å². The van der Waals surface area contributed by atoms with Crippen LogP contribution in [0.15, 0.2) is 0 Å². The molecule has 27 heavy (non-hydrogen) atoms. The highest BCUT2D eigenvalue weighted by Crippen LogP contribution is 2.32. The van der Waals surface area contributed by atoms with Crippen molar-refractivity contribution >= 4 is 0 Å². The molecule has 0 spiro atoms. The van der Waals surface area contributed by atoms with Crippen molar-refractivity contribution in [2.24, 2.45) is 5.92 Å². The number of hydrogen-bond donors (Lipinski definition) is 0. The zero-order chi connectivity index (χ0) is 19.7. The topological polar surface area (TPSA) is 24.9 Å². The van der Waals surface area contributed by atoms with E-state index >= 15 is 0 Å². The van der Waals surface area contributed by atoms with E-state index in [2.05, 4.69) is 51.3 Å². The molecule has 3 aliphatic rings. The fraction of sp³-hybridized carbons (Fsp3) is 1.00. The van der Waals surface area contributed by atoms with Crippen LogP contribution < -0.4 is 0 Å². The lowest BCUT2D eigenvalue weighted by Crippen LogP contribution is -2.50. The summed E-state index contributed by atoms with van der Waals surface area (Å²) >= 11 is 0. The van der Waals surface area contributed by atoms with Gasteiger partial charge in [-0.25, -0.2) is 0 Å². The van der Waals surface area contributed by atoms with Crippen LogP contribution in [0, 0.1) is 5.92 Å². The minimum Gasteiger partial charge on any atom is -0.375 e. The van der Waals surface area contributed by atoms with Crippen LogP contribution in [0.2, 0.25) is 0 Å². The molecule has 2 saturated heterocycles. The Labute approximate surface area is 167 Å². The molecule has 0 radical (unpaired) electrons. The van der Waals surface area contributed by atoms with E-state index in [1.807, 2.05) is 0 Å². The molecule has 0 aromatic carbocycles. The molecule has 0 N–H and O–H groups in total. The molecule has 2 aliphatic heterocycles. The molecule has 3 rings (SSSR count). The Bertz CT molecular complexity index is 454. The van der Waals surface area contributed by atoms with E-state index < -0.39 is 0 Å². The van der Waals surface area contributed by atoms with Crippen molar-refractivity contribution in [3.05, 3.63) is 0 Å². The van der Waals surface area contributed by atoms with E-state index in [0.717, 1.165) is 18.8 Å². The Kier molecular flexibility index (Phi) is 6.93. The number of rotatable bonds is 5. The highest BCUT2D eigenvalue weighted by atomic mass is 16.5. The standard InChI is InChI=1S/C23H44N2O2/c1-22(2,3)25-11-7-8-18(17-25)16-24-12-9-19(10-13-24)26-20-14-21(15-20)27-23(4,5)6/h18-21H,7-17H2,1-6H3/t18-,20?,21?/m0/s1. The lowest BCUT2D eigenvalue weighted by molar-refractivity contribution is -0.167. The monoisotopic (exact) mass is 380 g/mol. The second-order valence-corrected chi connectivity index (χ2v) is 11.2. The average molecular weight is 381 g/mol. The van der Waals surface area contributed by atoms with Crippen molar-refractivity contribution in [3.63, 3.8) is 0 Å². The molecule has 4 heteroatoms. The Morgan fingerprint density at radius 3 is 2.07 bits per heavy atom. The molecular weight excluding hydrogens is 336 g/mol. The van der Waals surface area contributed by atoms with Gasteiger partial charge in [0.2, 0.25) is 0 Å². The average Bonchev–Trinajstić information content (AvgIpc) is 2.53. The van der Waals surface area contributed by atoms with Crippen molar-refractivity contribution in [3.8, 4) is 0 Å². The van der Waals surface area contributed by atoms with Crippen molar-refractivity contribution in [2.75, 3.05) is 32.7 Å². The minimum absolute atomic E-state index is 0.0251. The van der Waals surface area contributed by atoms with Gasteiger partial charge in [0.25, 0.3) is 0 Å². The fourth-order valence-electron chi connectivity index (χ4n) is 4.91. The summed E-state index contributed by atoms with van der Waals surface area (Å²) in [6, 6.07) is 0. The maximum atomic E-state index is 6.36. The first-order valence-corrected chi connectivity index (χ1v) is 11.4. The Balaban J connectivity index is 1.32. The predicted molar refractivity (Wildman–Crippen MR) is 112 cm³/mol. The molecule has 1 aliphatic carbocycles. The first-order valence-electron chi connectivity index (χ1n) is 11.4. The molecule has 0 amide bonds. The number of ether oxygens (including phenoxy) is 2. The van der Waals surface area contributed by atoms with E-state index in [9.17, 15) is 0 Å². The summed E-state index contributed by atoms with van der Waals surface area (Å²) in [5.41, 5.74) is 0.291. The number of hydrogen-bond acceptors (Lipinski definition) is 4.